The van der Waals surface area contributed by atoms with E-state index in [1.807, 2.05) is 0 Å². The lowest BCUT2D eigenvalue weighted by Crippen LogP contribution is -2.24. The Morgan fingerprint density at radius 2 is 1.95 bits per heavy atom. The molecule has 2 nitrogen and oxygen atoms in total. The van der Waals surface area contributed by atoms with Crippen molar-refractivity contribution in [1.82, 2.24) is 4.90 Å². The van der Waals surface area contributed by atoms with Gasteiger partial charge in [-0.05, 0) is 50.1 Å². The zero-order chi connectivity index (χ0) is 13.8. The minimum absolute atomic E-state index is 0.514. The van der Waals surface area contributed by atoms with Crippen LogP contribution in [0.1, 0.15) is 38.7 Å². The molecule has 1 aliphatic rings. The topological polar surface area (TPSA) is 12.5 Å². The van der Waals surface area contributed by atoms with Crippen LogP contribution < -0.4 is 4.74 Å². The summed E-state index contributed by atoms with van der Waals surface area (Å²) in [4.78, 5) is 2.44. The van der Waals surface area contributed by atoms with E-state index in [1.165, 1.54) is 30.4 Å². The van der Waals surface area contributed by atoms with Gasteiger partial charge in [0.25, 0.3) is 0 Å². The summed E-state index contributed by atoms with van der Waals surface area (Å²) in [5, 5.41) is 0. The van der Waals surface area contributed by atoms with Gasteiger partial charge in [0.2, 0.25) is 0 Å². The van der Waals surface area contributed by atoms with Crippen molar-refractivity contribution in [3.8, 4) is 5.75 Å². The molecule has 0 radical (unpaired) electrons. The van der Waals surface area contributed by atoms with Gasteiger partial charge in [-0.3, -0.25) is 4.90 Å². The predicted molar refractivity (Wildman–Crippen MR) is 81.5 cm³/mol. The number of nitrogens with zero attached hydrogens (tertiary/aromatic N) is 1. The molecular formula is C17H25NO. The predicted octanol–water partition coefficient (Wildman–Crippen LogP) is 3.97. The Morgan fingerprint density at radius 3 is 2.53 bits per heavy atom. The van der Waals surface area contributed by atoms with Crippen molar-refractivity contribution in [2.75, 3.05) is 20.7 Å². The molecule has 1 aliphatic heterocycles. The molecule has 2 heteroatoms. The van der Waals surface area contributed by atoms with Crippen LogP contribution in [0, 0.1) is 0 Å². The Morgan fingerprint density at radius 1 is 1.26 bits per heavy atom. The number of likely N-dealkylation sites (N-methyl/N-ethyl adjacent to an activating group) is 1. The zero-order valence-electron chi connectivity index (χ0n) is 12.6. The summed E-state index contributed by atoms with van der Waals surface area (Å²) >= 11 is 0. The second-order valence-corrected chi connectivity index (χ2v) is 5.44. The van der Waals surface area contributed by atoms with Crippen molar-refractivity contribution in [2.45, 2.75) is 39.2 Å². The molecule has 0 amide bonds. The van der Waals surface area contributed by atoms with Crippen molar-refractivity contribution < 1.29 is 4.74 Å². The van der Waals surface area contributed by atoms with Crippen LogP contribution in [0.25, 0.3) is 5.57 Å². The minimum atomic E-state index is 0.514. The van der Waals surface area contributed by atoms with Gasteiger partial charge in [0.05, 0.1) is 7.11 Å². The molecule has 0 aromatic heterocycles. The average Bonchev–Trinajstić information content (AvgIpc) is 2.72. The maximum atomic E-state index is 5.25. The Hall–Kier alpha value is -1.28. The van der Waals surface area contributed by atoms with E-state index in [9.17, 15) is 0 Å². The molecule has 1 aromatic carbocycles. The van der Waals surface area contributed by atoms with Gasteiger partial charge in [-0.25, -0.2) is 0 Å². The van der Waals surface area contributed by atoms with E-state index in [2.05, 4.69) is 50.1 Å². The molecule has 1 unspecified atom stereocenters. The lowest BCUT2D eigenvalue weighted by atomic mass is 9.95. The second-order valence-electron chi connectivity index (χ2n) is 5.44. The van der Waals surface area contributed by atoms with Gasteiger partial charge in [-0.15, -0.1) is 0 Å². The first-order valence-electron chi connectivity index (χ1n) is 7.24. The van der Waals surface area contributed by atoms with Gasteiger partial charge in [-0.1, -0.05) is 31.1 Å². The highest BCUT2D eigenvalue weighted by Gasteiger charge is 2.26. The number of ether oxygens (including phenoxy) is 1. The molecule has 0 N–H and O–H groups in total. The Labute approximate surface area is 117 Å². The summed E-state index contributed by atoms with van der Waals surface area (Å²) in [5.41, 5.74) is 4.49. The smallest absolute Gasteiger partial charge is 0.118 e. The monoisotopic (exact) mass is 259 g/mol. The molecule has 1 atom stereocenters. The molecule has 19 heavy (non-hydrogen) atoms. The SMILES string of the molecule is CCCCC1=C(c2ccc(OC)cc2)C(C)N(C)C1. The fourth-order valence-corrected chi connectivity index (χ4v) is 2.86. The van der Waals surface area contributed by atoms with Gasteiger partial charge in [0.15, 0.2) is 0 Å². The van der Waals surface area contributed by atoms with E-state index in [1.54, 1.807) is 12.7 Å². The lowest BCUT2D eigenvalue weighted by molar-refractivity contribution is 0.351. The maximum absolute atomic E-state index is 5.25. The summed E-state index contributed by atoms with van der Waals surface area (Å²) in [5.74, 6) is 0.929. The van der Waals surface area contributed by atoms with Crippen LogP contribution in [-0.4, -0.2) is 31.6 Å². The normalized spacial score (nSPS) is 20.1. The van der Waals surface area contributed by atoms with Gasteiger partial charge in [0, 0.05) is 12.6 Å². The molecule has 0 aliphatic carbocycles. The van der Waals surface area contributed by atoms with Crippen molar-refractivity contribution in [3.05, 3.63) is 35.4 Å². The van der Waals surface area contributed by atoms with Gasteiger partial charge in [-0.2, -0.15) is 0 Å². The molecule has 2 rings (SSSR count). The standard InChI is InChI=1S/C17H25NO/c1-5-6-7-15-12-18(3)13(2)17(15)14-8-10-16(19-4)11-9-14/h8-11,13H,5-7,12H2,1-4H3. The fourth-order valence-electron chi connectivity index (χ4n) is 2.86. The van der Waals surface area contributed by atoms with Gasteiger partial charge < -0.3 is 4.74 Å². The molecule has 1 heterocycles. The number of hydrogen-bond acceptors (Lipinski definition) is 2. The quantitative estimate of drug-likeness (QED) is 0.793. The number of unbranched alkanes of at least 4 members (excludes halogenated alkanes) is 1. The van der Waals surface area contributed by atoms with Crippen LogP contribution in [0.5, 0.6) is 5.75 Å². The zero-order valence-corrected chi connectivity index (χ0v) is 12.6. The van der Waals surface area contributed by atoms with Crippen LogP contribution in [0.3, 0.4) is 0 Å². The van der Waals surface area contributed by atoms with Gasteiger partial charge >= 0.3 is 0 Å². The summed E-state index contributed by atoms with van der Waals surface area (Å²) in [6.07, 6.45) is 3.78. The van der Waals surface area contributed by atoms with E-state index in [0.717, 1.165) is 12.3 Å². The third-order valence-corrected chi connectivity index (χ3v) is 4.13. The molecule has 0 bridgehead atoms. The van der Waals surface area contributed by atoms with E-state index in [-0.39, 0.29) is 0 Å². The highest BCUT2D eigenvalue weighted by Crippen LogP contribution is 2.34. The highest BCUT2D eigenvalue weighted by atomic mass is 16.5. The van der Waals surface area contributed by atoms with Crippen molar-refractivity contribution in [3.63, 3.8) is 0 Å². The first-order valence-corrected chi connectivity index (χ1v) is 7.24. The number of hydrogen-bond donors (Lipinski definition) is 0. The molecule has 0 spiro atoms. The summed E-state index contributed by atoms with van der Waals surface area (Å²) in [6, 6.07) is 9.02. The number of methoxy groups -OCH3 is 1. The third kappa shape index (κ3) is 3.01. The molecule has 0 saturated heterocycles. The molecule has 1 aromatic rings. The minimum Gasteiger partial charge on any atom is -0.497 e. The van der Waals surface area contributed by atoms with Gasteiger partial charge in [0.1, 0.15) is 5.75 Å². The third-order valence-electron chi connectivity index (χ3n) is 4.13. The lowest BCUT2D eigenvalue weighted by Gasteiger charge is -2.18. The Balaban J connectivity index is 2.30. The maximum Gasteiger partial charge on any atom is 0.118 e. The van der Waals surface area contributed by atoms with Crippen LogP contribution >= 0.6 is 0 Å². The number of benzene rings is 1. The average molecular weight is 259 g/mol. The van der Waals surface area contributed by atoms with Crippen LogP contribution in [0.2, 0.25) is 0 Å². The van der Waals surface area contributed by atoms with E-state index < -0.39 is 0 Å². The number of rotatable bonds is 5. The molecular weight excluding hydrogens is 234 g/mol. The molecule has 104 valence electrons. The first kappa shape index (κ1) is 14.1. The largest absolute Gasteiger partial charge is 0.497 e. The van der Waals surface area contributed by atoms with E-state index in [4.69, 9.17) is 4.74 Å². The summed E-state index contributed by atoms with van der Waals surface area (Å²) in [7, 11) is 3.93. The second kappa shape index (κ2) is 6.25. The Kier molecular flexibility index (Phi) is 4.65. The molecule has 0 saturated carbocycles. The highest BCUT2D eigenvalue weighted by molar-refractivity contribution is 5.75. The van der Waals surface area contributed by atoms with E-state index >= 15 is 0 Å². The van der Waals surface area contributed by atoms with Crippen molar-refractivity contribution >= 4 is 5.57 Å². The first-order chi connectivity index (χ1) is 9.17. The van der Waals surface area contributed by atoms with Crippen molar-refractivity contribution in [2.24, 2.45) is 0 Å². The van der Waals surface area contributed by atoms with Crippen LogP contribution in [0.15, 0.2) is 29.8 Å². The fraction of sp³-hybridized carbons (Fsp3) is 0.529. The van der Waals surface area contributed by atoms with Crippen LogP contribution in [0.4, 0.5) is 0 Å². The molecule has 0 fully saturated rings. The summed E-state index contributed by atoms with van der Waals surface area (Å²) in [6.45, 7) is 5.68. The van der Waals surface area contributed by atoms with Crippen molar-refractivity contribution in [1.29, 1.82) is 0 Å². The van der Waals surface area contributed by atoms with Crippen LogP contribution in [-0.2, 0) is 0 Å². The van der Waals surface area contributed by atoms with E-state index in [0.29, 0.717) is 6.04 Å². The Bertz CT molecular complexity index is 447. The summed E-state index contributed by atoms with van der Waals surface area (Å²) < 4.78 is 5.25.